The first kappa shape index (κ1) is 13.3. The van der Waals surface area contributed by atoms with Crippen molar-refractivity contribution in [3.63, 3.8) is 0 Å². The number of anilines is 1. The zero-order valence-electron chi connectivity index (χ0n) is 11.2. The predicted octanol–water partition coefficient (Wildman–Crippen LogP) is 2.42. The number of nitrogens with one attached hydrogen (secondary N) is 1. The molecule has 1 aliphatic heterocycles. The predicted molar refractivity (Wildman–Crippen MR) is 76.2 cm³/mol. The van der Waals surface area contributed by atoms with Crippen LogP contribution in [0, 0.1) is 5.82 Å². The van der Waals surface area contributed by atoms with Gasteiger partial charge in [0.2, 0.25) is 5.91 Å². The number of rotatable bonds is 3. The lowest BCUT2D eigenvalue weighted by atomic mass is 10.1. The first-order chi connectivity index (χ1) is 10.1. The number of nitrogens with zero attached hydrogens (tertiary/aromatic N) is 1. The van der Waals surface area contributed by atoms with E-state index in [0.717, 1.165) is 5.56 Å². The van der Waals surface area contributed by atoms with Crippen molar-refractivity contribution in [3.8, 4) is 0 Å². The van der Waals surface area contributed by atoms with E-state index >= 15 is 0 Å². The Labute approximate surface area is 121 Å². The van der Waals surface area contributed by atoms with E-state index in [0.29, 0.717) is 12.1 Å². The SMILES string of the molecule is O=C(CN1Cc2ccccc2C1=O)Nc1ccccc1F. The quantitative estimate of drug-likeness (QED) is 0.941. The molecule has 0 atom stereocenters. The summed E-state index contributed by atoms with van der Waals surface area (Å²) in [7, 11) is 0. The van der Waals surface area contributed by atoms with Crippen LogP contribution in [0.3, 0.4) is 0 Å². The molecule has 0 fully saturated rings. The van der Waals surface area contributed by atoms with Gasteiger partial charge in [-0.1, -0.05) is 30.3 Å². The Morgan fingerprint density at radius 3 is 2.62 bits per heavy atom. The maximum Gasteiger partial charge on any atom is 0.254 e. The summed E-state index contributed by atoms with van der Waals surface area (Å²) in [4.78, 5) is 25.5. The number of carbonyl (C=O) groups is 2. The summed E-state index contributed by atoms with van der Waals surface area (Å²) in [6.07, 6.45) is 0. The van der Waals surface area contributed by atoms with Crippen molar-refractivity contribution in [3.05, 3.63) is 65.5 Å². The molecule has 0 bridgehead atoms. The maximum absolute atomic E-state index is 13.5. The Hall–Kier alpha value is -2.69. The molecule has 4 nitrogen and oxygen atoms in total. The molecule has 0 spiro atoms. The molecule has 1 heterocycles. The molecule has 0 aromatic heterocycles. The van der Waals surface area contributed by atoms with Crippen LogP contribution in [0.2, 0.25) is 0 Å². The van der Waals surface area contributed by atoms with E-state index in [2.05, 4.69) is 5.32 Å². The molecule has 21 heavy (non-hydrogen) atoms. The van der Waals surface area contributed by atoms with Gasteiger partial charge < -0.3 is 10.2 Å². The van der Waals surface area contributed by atoms with E-state index < -0.39 is 11.7 Å². The second-order valence-electron chi connectivity index (χ2n) is 4.85. The van der Waals surface area contributed by atoms with Gasteiger partial charge in [0.15, 0.2) is 0 Å². The maximum atomic E-state index is 13.5. The molecular formula is C16H13FN2O2. The second-order valence-corrected chi connectivity index (χ2v) is 4.85. The van der Waals surface area contributed by atoms with Gasteiger partial charge in [-0.3, -0.25) is 9.59 Å². The highest BCUT2D eigenvalue weighted by molar-refractivity contribution is 6.02. The number of hydrogen-bond acceptors (Lipinski definition) is 2. The molecule has 0 aliphatic carbocycles. The molecule has 106 valence electrons. The molecule has 2 amide bonds. The highest BCUT2D eigenvalue weighted by atomic mass is 19.1. The summed E-state index contributed by atoms with van der Waals surface area (Å²) < 4.78 is 13.5. The zero-order valence-corrected chi connectivity index (χ0v) is 11.2. The van der Waals surface area contributed by atoms with Crippen LogP contribution in [-0.4, -0.2) is 23.3 Å². The number of amides is 2. The standard InChI is InChI=1S/C16H13FN2O2/c17-13-7-3-4-8-14(13)18-15(20)10-19-9-11-5-1-2-6-12(11)16(19)21/h1-8H,9-10H2,(H,18,20). The third-order valence-electron chi connectivity index (χ3n) is 3.38. The summed E-state index contributed by atoms with van der Waals surface area (Å²) in [6, 6.07) is 13.2. The summed E-state index contributed by atoms with van der Waals surface area (Å²) in [5.74, 6) is -1.09. The number of para-hydroxylation sites is 1. The van der Waals surface area contributed by atoms with Gasteiger partial charge in [0.25, 0.3) is 5.91 Å². The van der Waals surface area contributed by atoms with Crippen LogP contribution < -0.4 is 5.32 Å². The average Bonchev–Trinajstić information content (AvgIpc) is 2.78. The minimum absolute atomic E-state index is 0.0954. The molecular weight excluding hydrogens is 271 g/mol. The van der Waals surface area contributed by atoms with Crippen LogP contribution >= 0.6 is 0 Å². The van der Waals surface area contributed by atoms with E-state index in [4.69, 9.17) is 0 Å². The lowest BCUT2D eigenvalue weighted by molar-refractivity contribution is -0.116. The van der Waals surface area contributed by atoms with Crippen LogP contribution in [0.5, 0.6) is 0 Å². The zero-order chi connectivity index (χ0) is 14.8. The van der Waals surface area contributed by atoms with E-state index in [1.165, 1.54) is 17.0 Å². The van der Waals surface area contributed by atoms with Crippen molar-refractivity contribution in [1.29, 1.82) is 0 Å². The molecule has 0 unspecified atom stereocenters. The van der Waals surface area contributed by atoms with Gasteiger partial charge in [0.1, 0.15) is 12.4 Å². The monoisotopic (exact) mass is 284 g/mol. The molecule has 0 saturated heterocycles. The second kappa shape index (κ2) is 5.36. The molecule has 2 aromatic carbocycles. The normalized spacial score (nSPS) is 13.2. The molecule has 0 radical (unpaired) electrons. The molecule has 5 heteroatoms. The topological polar surface area (TPSA) is 49.4 Å². The van der Waals surface area contributed by atoms with Crippen LogP contribution in [-0.2, 0) is 11.3 Å². The van der Waals surface area contributed by atoms with Gasteiger partial charge in [-0.15, -0.1) is 0 Å². The van der Waals surface area contributed by atoms with Crippen molar-refractivity contribution < 1.29 is 14.0 Å². The molecule has 3 rings (SSSR count). The Bertz CT molecular complexity index is 715. The van der Waals surface area contributed by atoms with Crippen molar-refractivity contribution in [2.75, 3.05) is 11.9 Å². The fourth-order valence-electron chi connectivity index (χ4n) is 2.37. The summed E-state index contributed by atoms with van der Waals surface area (Å²) in [6.45, 7) is 0.307. The highest BCUT2D eigenvalue weighted by Gasteiger charge is 2.28. The van der Waals surface area contributed by atoms with Crippen LogP contribution in [0.1, 0.15) is 15.9 Å². The van der Waals surface area contributed by atoms with Gasteiger partial charge in [-0.25, -0.2) is 4.39 Å². The Morgan fingerprint density at radius 2 is 1.86 bits per heavy atom. The lowest BCUT2D eigenvalue weighted by Crippen LogP contribution is -2.33. The minimum Gasteiger partial charge on any atom is -0.325 e. The summed E-state index contributed by atoms with van der Waals surface area (Å²) in [5, 5.41) is 2.48. The van der Waals surface area contributed by atoms with Gasteiger partial charge in [-0.2, -0.15) is 0 Å². The number of hydrogen-bond donors (Lipinski definition) is 1. The Kier molecular flexibility index (Phi) is 3.39. The minimum atomic E-state index is -0.498. The summed E-state index contributed by atoms with van der Waals surface area (Å²) >= 11 is 0. The number of benzene rings is 2. The first-order valence-corrected chi connectivity index (χ1v) is 6.57. The Balaban J connectivity index is 1.67. The van der Waals surface area contributed by atoms with Gasteiger partial charge in [0.05, 0.1) is 5.69 Å². The number of halogens is 1. The first-order valence-electron chi connectivity index (χ1n) is 6.57. The van der Waals surface area contributed by atoms with Crippen LogP contribution in [0.4, 0.5) is 10.1 Å². The van der Waals surface area contributed by atoms with Gasteiger partial charge in [-0.05, 0) is 23.8 Å². The van der Waals surface area contributed by atoms with Crippen molar-refractivity contribution in [1.82, 2.24) is 4.90 Å². The number of fused-ring (bicyclic) bond motifs is 1. The van der Waals surface area contributed by atoms with E-state index in [1.807, 2.05) is 12.1 Å². The highest BCUT2D eigenvalue weighted by Crippen LogP contribution is 2.22. The van der Waals surface area contributed by atoms with Crippen molar-refractivity contribution in [2.24, 2.45) is 0 Å². The molecule has 1 N–H and O–H groups in total. The van der Waals surface area contributed by atoms with Crippen LogP contribution in [0.15, 0.2) is 48.5 Å². The van der Waals surface area contributed by atoms with Crippen molar-refractivity contribution >= 4 is 17.5 Å². The van der Waals surface area contributed by atoms with Crippen LogP contribution in [0.25, 0.3) is 0 Å². The Morgan fingerprint density at radius 1 is 1.14 bits per heavy atom. The molecule has 0 saturated carbocycles. The summed E-state index contributed by atoms with van der Waals surface area (Å²) in [5.41, 5.74) is 1.64. The number of carbonyl (C=O) groups excluding carboxylic acids is 2. The van der Waals surface area contributed by atoms with E-state index in [9.17, 15) is 14.0 Å². The largest absolute Gasteiger partial charge is 0.325 e. The average molecular weight is 284 g/mol. The lowest BCUT2D eigenvalue weighted by Gasteiger charge is -2.15. The van der Waals surface area contributed by atoms with Crippen molar-refractivity contribution in [2.45, 2.75) is 6.54 Å². The third-order valence-corrected chi connectivity index (χ3v) is 3.38. The van der Waals surface area contributed by atoms with E-state index in [-0.39, 0.29) is 18.1 Å². The smallest absolute Gasteiger partial charge is 0.254 e. The fourth-order valence-corrected chi connectivity index (χ4v) is 2.37. The fraction of sp³-hybridized carbons (Fsp3) is 0.125. The molecule has 2 aromatic rings. The van der Waals surface area contributed by atoms with Gasteiger partial charge in [0, 0.05) is 12.1 Å². The molecule has 1 aliphatic rings. The van der Waals surface area contributed by atoms with Gasteiger partial charge >= 0.3 is 0 Å². The van der Waals surface area contributed by atoms with E-state index in [1.54, 1.807) is 24.3 Å². The third kappa shape index (κ3) is 2.63.